The van der Waals surface area contributed by atoms with E-state index in [0.29, 0.717) is 0 Å². The summed E-state index contributed by atoms with van der Waals surface area (Å²) in [7, 11) is 0. The van der Waals surface area contributed by atoms with Crippen LogP contribution in [0.25, 0.3) is 44.5 Å². The molecule has 0 atom stereocenters. The van der Waals surface area contributed by atoms with Crippen molar-refractivity contribution in [2.75, 3.05) is 0 Å². The van der Waals surface area contributed by atoms with Crippen molar-refractivity contribution in [2.45, 2.75) is 91.9 Å². The normalized spacial score (nSPS) is 10.8. The average Bonchev–Trinajstić information content (AvgIpc) is 4.29. The van der Waals surface area contributed by atoms with Crippen LogP contribution in [0.5, 0.6) is 0 Å². The second kappa shape index (κ2) is 33.7. The first-order valence-electron chi connectivity index (χ1n) is 25.6. The van der Waals surface area contributed by atoms with Gasteiger partial charge in [0.2, 0.25) is 0 Å². The number of aryl methyl sites for hydroxylation is 2. The average molecular weight is 1300 g/mol. The maximum atomic E-state index is 3.67. The Morgan fingerprint density at radius 1 is 0.487 bits per heavy atom. The third kappa shape index (κ3) is 19.7. The van der Waals surface area contributed by atoms with Crippen LogP contribution in [0.15, 0.2) is 204 Å². The van der Waals surface area contributed by atoms with Crippen molar-refractivity contribution in [1.29, 1.82) is 0 Å². The largest absolute Gasteiger partial charge is 0.179 e. The Kier molecular flexibility index (Phi) is 29.6. The number of halogens is 4. The van der Waals surface area contributed by atoms with E-state index in [2.05, 4.69) is 260 Å². The summed E-state index contributed by atoms with van der Waals surface area (Å²) in [5, 5.41) is 8.59. The minimum absolute atomic E-state index is 0. The van der Waals surface area contributed by atoms with E-state index in [4.69, 9.17) is 0 Å². The van der Waals surface area contributed by atoms with Gasteiger partial charge in [-0.05, 0) is 34.8 Å². The van der Waals surface area contributed by atoms with Crippen LogP contribution >= 0.6 is 72.3 Å². The molecule has 0 bridgehead atoms. The van der Waals surface area contributed by atoms with Gasteiger partial charge in [-0.3, -0.25) is 0 Å². The molecule has 8 heteroatoms. The van der Waals surface area contributed by atoms with Crippen molar-refractivity contribution in [3.8, 4) is 44.5 Å². The standard InChI is InChI=1S/C21H25.C13H9.2C10H9S.2C8H8.4ClH.2Zr/c1-20(2,3)16-7-9-18-14(12-16)11-15-13-17(21(4,5)6)8-10-19(15)18;1-3-7-12-10(5-1)9-11-6-2-4-8-13(11)12;2*1-8-3-2-4-10(8)9-5-6-11-7-9;2*1-2-8-6-4-3-5-7-8;;;;;;/h7-10,12H,11H2,1-6H3;1-5,7-8H,9H2;2*2-7H,1H3;2*1,3-7H,2H2;4*1H;;/q4*-1;;;;;;;2*+2. The smallest absolute Gasteiger partial charge is 0.0253 e. The van der Waals surface area contributed by atoms with E-state index in [1.54, 1.807) is 22.7 Å². The number of benzene rings is 6. The molecule has 8 aromatic carbocycles. The molecule has 0 nitrogen and oxygen atoms in total. The maximum Gasteiger partial charge on any atom is -0.0253 e. The van der Waals surface area contributed by atoms with E-state index >= 15 is 0 Å². The second-order valence-corrected chi connectivity index (χ2v) is 24.3. The molecule has 0 radical (unpaired) electrons. The van der Waals surface area contributed by atoms with Crippen LogP contribution in [-0.2, 0) is 85.0 Å². The van der Waals surface area contributed by atoms with Crippen LogP contribution < -0.4 is 0 Å². The van der Waals surface area contributed by atoms with Gasteiger partial charge in [-0.2, -0.15) is 65.7 Å². The molecule has 0 saturated carbocycles. The van der Waals surface area contributed by atoms with E-state index in [1.165, 1.54) is 149 Å². The summed E-state index contributed by atoms with van der Waals surface area (Å²) in [6, 6.07) is 71.4. The second-order valence-electron chi connectivity index (χ2n) is 20.8. The molecule has 12 rings (SSSR count). The Labute approximate surface area is 530 Å². The molecule has 0 amide bonds. The molecule has 2 aliphatic carbocycles. The van der Waals surface area contributed by atoms with Crippen molar-refractivity contribution in [2.24, 2.45) is 0 Å². The summed E-state index contributed by atoms with van der Waals surface area (Å²) >= 11 is 6.51. The Bertz CT molecular complexity index is 3080. The predicted octanol–water partition coefficient (Wildman–Crippen LogP) is 20.4. The molecule has 78 heavy (non-hydrogen) atoms. The van der Waals surface area contributed by atoms with Crippen molar-refractivity contribution < 1.29 is 48.5 Å². The molecule has 0 spiro atoms. The number of hydrogen-bond donors (Lipinski definition) is 0. The third-order valence-corrected chi connectivity index (χ3v) is 15.5. The van der Waals surface area contributed by atoms with Gasteiger partial charge >= 0.3 is 141 Å². The zero-order chi connectivity index (χ0) is 52.5. The third-order valence-electron chi connectivity index (χ3n) is 13.2. The molecule has 2 heterocycles. The molecule has 2 aliphatic rings. The summed E-state index contributed by atoms with van der Waals surface area (Å²) in [5.74, 6) is 0. The minimum Gasteiger partial charge on any atom is -0.179 e. The molecule has 0 N–H and O–H groups in total. The maximum absolute atomic E-state index is 3.67. The van der Waals surface area contributed by atoms with Crippen LogP contribution in [0.3, 0.4) is 0 Å². The summed E-state index contributed by atoms with van der Waals surface area (Å²) in [5.41, 5.74) is 25.2. The van der Waals surface area contributed by atoms with E-state index in [-0.39, 0.29) is 60.5 Å². The summed E-state index contributed by atoms with van der Waals surface area (Å²) in [6.45, 7) is 17.9. The molecular weight excluding hydrogens is 1230 g/mol. The fourth-order valence-corrected chi connectivity index (χ4v) is 11.5. The summed E-state index contributed by atoms with van der Waals surface area (Å²) in [4.78, 5) is 0. The van der Waals surface area contributed by atoms with Crippen LogP contribution in [-0.4, -0.2) is 7.42 Å². The van der Waals surface area contributed by atoms with Gasteiger partial charge in [0.05, 0.1) is 0 Å². The van der Waals surface area contributed by atoms with Gasteiger partial charge in [0.15, 0.2) is 0 Å². The molecule has 0 unspecified atom stereocenters. The Hall–Kier alpha value is -3.91. The minimum atomic E-state index is 0. The van der Waals surface area contributed by atoms with Crippen LogP contribution in [0.2, 0.25) is 0 Å². The monoisotopic (exact) mass is 1300 g/mol. The number of hydrogen-bond acceptors (Lipinski definition) is 2. The molecule has 0 fully saturated rings. The predicted molar refractivity (Wildman–Crippen MR) is 346 cm³/mol. The molecule has 10 aromatic rings. The first-order chi connectivity index (χ1) is 35.7. The summed E-state index contributed by atoms with van der Waals surface area (Å²) < 4.78 is 4.50. The van der Waals surface area contributed by atoms with E-state index in [9.17, 15) is 0 Å². The Morgan fingerprint density at radius 3 is 1.44 bits per heavy atom. The van der Waals surface area contributed by atoms with Gasteiger partial charge in [0, 0.05) is 0 Å². The Morgan fingerprint density at radius 2 is 0.962 bits per heavy atom. The first kappa shape index (κ1) is 68.4. The van der Waals surface area contributed by atoms with Crippen LogP contribution in [0.4, 0.5) is 0 Å². The molecule has 2 aromatic heterocycles. The van der Waals surface area contributed by atoms with Gasteiger partial charge in [-0.25, -0.2) is 22.7 Å². The fraction of sp³-hybridized carbons (Fsp3) is 0.200. The Balaban J connectivity index is 0.000000251. The van der Waals surface area contributed by atoms with Crippen molar-refractivity contribution in [3.63, 3.8) is 0 Å². The van der Waals surface area contributed by atoms with Gasteiger partial charge in [0.1, 0.15) is 0 Å². The number of fused-ring (bicyclic) bond motifs is 6. The van der Waals surface area contributed by atoms with Gasteiger partial charge in [0.25, 0.3) is 0 Å². The topological polar surface area (TPSA) is 0 Å². The van der Waals surface area contributed by atoms with E-state index in [0.717, 1.165) is 25.7 Å². The molecule has 0 aliphatic heterocycles. The zero-order valence-corrected chi connectivity index (χ0v) is 55.9. The molecular formula is C70H72Cl4S2Zr2. The van der Waals surface area contributed by atoms with Crippen molar-refractivity contribution in [3.05, 3.63) is 271 Å². The quantitative estimate of drug-likeness (QED) is 0.146. The first-order valence-corrected chi connectivity index (χ1v) is 30.3. The van der Waals surface area contributed by atoms with Crippen LogP contribution in [0, 0.1) is 26.0 Å². The molecule has 0 saturated heterocycles. The van der Waals surface area contributed by atoms with Crippen molar-refractivity contribution >= 4 is 79.7 Å². The van der Waals surface area contributed by atoms with E-state index in [1.807, 2.05) is 18.2 Å². The van der Waals surface area contributed by atoms with Gasteiger partial charge in [-0.1, -0.05) is 147 Å². The van der Waals surface area contributed by atoms with E-state index < -0.39 is 0 Å². The SMILES string of the molecule is CC(C)(C)c1[c-]c2c(cc1)-c1ccc(C(C)(C)C)cc1C2.Cc1ccc[c-]1-c1ccsc1.Cc1ccc[c-]1-c1ccsc1.Cl.Cl.Cl.Cl.[Zr+2]=[CH]Cc1ccccc1.[Zr+2]=[CH]Cc1ccccc1.[c-]1cccc2c1Cc1ccccc1-2. The van der Waals surface area contributed by atoms with Gasteiger partial charge < -0.3 is 0 Å². The van der Waals surface area contributed by atoms with Crippen LogP contribution in [0.1, 0.15) is 97.2 Å². The summed E-state index contributed by atoms with van der Waals surface area (Å²) in [6.07, 6.45) is 4.32. The zero-order valence-electron chi connectivity index (χ0n) is 46.1. The fourth-order valence-electron chi connectivity index (χ4n) is 8.99. The van der Waals surface area contributed by atoms with Crippen molar-refractivity contribution in [1.82, 2.24) is 0 Å². The molecule has 400 valence electrons. The number of thiophene rings is 2. The number of rotatable bonds is 6. The van der Waals surface area contributed by atoms with Gasteiger partial charge in [-0.15, -0.1) is 125 Å².